The van der Waals surface area contributed by atoms with Gasteiger partial charge in [0.05, 0.1) is 0 Å². The van der Waals surface area contributed by atoms with Gasteiger partial charge in [-0.25, -0.2) is 0 Å². The molecule has 0 aromatic heterocycles. The van der Waals surface area contributed by atoms with Crippen LogP contribution in [-0.2, 0) is 4.79 Å². The van der Waals surface area contributed by atoms with E-state index in [1.165, 1.54) is 0 Å². The molecule has 0 spiro atoms. The smallest absolute Gasteiger partial charge is 0.265 e. The lowest BCUT2D eigenvalue weighted by Crippen LogP contribution is -2.30. The van der Waals surface area contributed by atoms with Crippen LogP contribution in [0.3, 0.4) is 0 Å². The van der Waals surface area contributed by atoms with Gasteiger partial charge in [-0.3, -0.25) is 9.59 Å². The second-order valence-corrected chi connectivity index (χ2v) is 7.14. The second-order valence-electron chi connectivity index (χ2n) is 6.22. The Morgan fingerprint density at radius 3 is 1.96 bits per heavy atom. The third-order valence-electron chi connectivity index (χ3n) is 4.15. The number of primary amides is 1. The summed E-state index contributed by atoms with van der Waals surface area (Å²) in [4.78, 5) is 23.4. The lowest BCUT2D eigenvalue weighted by molar-refractivity contribution is -0.122. The van der Waals surface area contributed by atoms with Crippen LogP contribution in [0.2, 0.25) is 0 Å². The minimum absolute atomic E-state index is 0.288. The Balaban J connectivity index is 1.60. The standard InChI is InChI=1S/C22H19BrN2O3/c1-14(22(27)25-19-10-4-17(5-11-19)21(24)26)28-20-12-6-16(7-13-20)15-2-8-18(23)9-3-15/h2-14H,1H3,(H2,24,26)(H,25,27). The number of ether oxygens (including phenoxy) is 1. The molecule has 0 fully saturated rings. The van der Waals surface area contributed by atoms with Gasteiger partial charge in [0.15, 0.2) is 6.10 Å². The van der Waals surface area contributed by atoms with Crippen LogP contribution in [0.15, 0.2) is 77.3 Å². The van der Waals surface area contributed by atoms with Crippen molar-refractivity contribution in [1.82, 2.24) is 0 Å². The van der Waals surface area contributed by atoms with E-state index in [1.54, 1.807) is 31.2 Å². The summed E-state index contributed by atoms with van der Waals surface area (Å²) in [5.74, 6) is -0.197. The molecule has 0 aliphatic rings. The number of nitrogens with one attached hydrogen (secondary N) is 1. The Labute approximate surface area is 171 Å². The molecule has 28 heavy (non-hydrogen) atoms. The third kappa shape index (κ3) is 4.98. The van der Waals surface area contributed by atoms with Crippen LogP contribution in [0.25, 0.3) is 11.1 Å². The molecule has 3 aromatic rings. The van der Waals surface area contributed by atoms with Crippen molar-refractivity contribution in [1.29, 1.82) is 0 Å². The topological polar surface area (TPSA) is 81.4 Å². The molecular formula is C22H19BrN2O3. The first kappa shape index (κ1) is 19.6. The van der Waals surface area contributed by atoms with Crippen molar-refractivity contribution in [3.8, 4) is 16.9 Å². The van der Waals surface area contributed by atoms with Gasteiger partial charge in [0.2, 0.25) is 5.91 Å². The normalized spacial score (nSPS) is 11.5. The average molecular weight is 439 g/mol. The lowest BCUT2D eigenvalue weighted by atomic mass is 10.1. The van der Waals surface area contributed by atoms with E-state index in [9.17, 15) is 9.59 Å². The molecule has 1 unspecified atom stereocenters. The number of amides is 2. The maximum absolute atomic E-state index is 12.3. The molecule has 0 radical (unpaired) electrons. The molecule has 142 valence electrons. The Kier molecular flexibility index (Phi) is 6.11. The van der Waals surface area contributed by atoms with Crippen molar-refractivity contribution >= 4 is 33.4 Å². The highest BCUT2D eigenvalue weighted by atomic mass is 79.9. The van der Waals surface area contributed by atoms with Gasteiger partial charge < -0.3 is 15.8 Å². The molecule has 0 bridgehead atoms. The number of nitrogens with two attached hydrogens (primary N) is 1. The number of anilines is 1. The van der Waals surface area contributed by atoms with E-state index in [2.05, 4.69) is 21.2 Å². The zero-order valence-electron chi connectivity index (χ0n) is 15.2. The number of hydrogen-bond acceptors (Lipinski definition) is 3. The van der Waals surface area contributed by atoms with E-state index >= 15 is 0 Å². The fraction of sp³-hybridized carbons (Fsp3) is 0.0909. The molecule has 2 amide bonds. The van der Waals surface area contributed by atoms with E-state index in [1.807, 2.05) is 48.5 Å². The molecule has 1 atom stereocenters. The molecule has 0 saturated heterocycles. The molecular weight excluding hydrogens is 420 g/mol. The van der Waals surface area contributed by atoms with Crippen molar-refractivity contribution in [2.45, 2.75) is 13.0 Å². The van der Waals surface area contributed by atoms with Gasteiger partial charge in [-0.1, -0.05) is 40.2 Å². The Morgan fingerprint density at radius 2 is 1.43 bits per heavy atom. The molecule has 0 saturated carbocycles. The third-order valence-corrected chi connectivity index (χ3v) is 4.68. The van der Waals surface area contributed by atoms with Crippen LogP contribution in [0, 0.1) is 0 Å². The molecule has 0 heterocycles. The van der Waals surface area contributed by atoms with E-state index in [-0.39, 0.29) is 5.91 Å². The van der Waals surface area contributed by atoms with Crippen LogP contribution >= 0.6 is 15.9 Å². The highest BCUT2D eigenvalue weighted by molar-refractivity contribution is 9.10. The Bertz CT molecular complexity index is 968. The number of halogens is 1. The van der Waals surface area contributed by atoms with Gasteiger partial charge in [0.25, 0.3) is 5.91 Å². The van der Waals surface area contributed by atoms with Crippen molar-refractivity contribution in [2.24, 2.45) is 5.73 Å². The molecule has 0 aliphatic carbocycles. The van der Waals surface area contributed by atoms with E-state index < -0.39 is 12.0 Å². The number of hydrogen-bond donors (Lipinski definition) is 2. The van der Waals surface area contributed by atoms with Crippen molar-refractivity contribution in [3.63, 3.8) is 0 Å². The molecule has 5 nitrogen and oxygen atoms in total. The summed E-state index contributed by atoms with van der Waals surface area (Å²) in [6.07, 6.45) is -0.686. The van der Waals surface area contributed by atoms with E-state index in [0.717, 1.165) is 15.6 Å². The van der Waals surface area contributed by atoms with Crippen molar-refractivity contribution < 1.29 is 14.3 Å². The maximum atomic E-state index is 12.3. The minimum atomic E-state index is -0.686. The number of rotatable bonds is 6. The first-order valence-corrected chi connectivity index (χ1v) is 9.45. The highest BCUT2D eigenvalue weighted by Gasteiger charge is 2.15. The zero-order valence-corrected chi connectivity index (χ0v) is 16.8. The van der Waals surface area contributed by atoms with Gasteiger partial charge in [-0.15, -0.1) is 0 Å². The fourth-order valence-corrected chi connectivity index (χ4v) is 2.85. The van der Waals surface area contributed by atoms with Gasteiger partial charge in [-0.2, -0.15) is 0 Å². The van der Waals surface area contributed by atoms with Crippen LogP contribution in [0.5, 0.6) is 5.75 Å². The lowest BCUT2D eigenvalue weighted by Gasteiger charge is -2.15. The minimum Gasteiger partial charge on any atom is -0.481 e. The molecule has 6 heteroatoms. The molecule has 3 aromatic carbocycles. The first-order chi connectivity index (χ1) is 13.4. The van der Waals surface area contributed by atoms with Gasteiger partial charge in [0, 0.05) is 15.7 Å². The maximum Gasteiger partial charge on any atom is 0.265 e. The van der Waals surface area contributed by atoms with Gasteiger partial charge in [-0.05, 0) is 66.6 Å². The summed E-state index contributed by atoms with van der Waals surface area (Å²) in [6, 6.07) is 22.0. The summed E-state index contributed by atoms with van der Waals surface area (Å²) in [7, 11) is 0. The number of carbonyl (C=O) groups is 2. The van der Waals surface area contributed by atoms with E-state index in [0.29, 0.717) is 17.0 Å². The predicted molar refractivity (Wildman–Crippen MR) is 113 cm³/mol. The van der Waals surface area contributed by atoms with Gasteiger partial charge in [0.1, 0.15) is 5.75 Å². The van der Waals surface area contributed by atoms with Crippen LogP contribution in [0.4, 0.5) is 5.69 Å². The van der Waals surface area contributed by atoms with Crippen LogP contribution < -0.4 is 15.8 Å². The molecule has 3 rings (SSSR count). The first-order valence-electron chi connectivity index (χ1n) is 8.66. The number of benzene rings is 3. The van der Waals surface area contributed by atoms with Gasteiger partial charge >= 0.3 is 0 Å². The van der Waals surface area contributed by atoms with E-state index in [4.69, 9.17) is 10.5 Å². The summed E-state index contributed by atoms with van der Waals surface area (Å²) in [5, 5.41) is 2.75. The summed E-state index contributed by atoms with van der Waals surface area (Å²) >= 11 is 3.43. The SMILES string of the molecule is CC(Oc1ccc(-c2ccc(Br)cc2)cc1)C(=O)Nc1ccc(C(N)=O)cc1. The Morgan fingerprint density at radius 1 is 0.893 bits per heavy atom. The summed E-state index contributed by atoms with van der Waals surface area (Å²) in [6.45, 7) is 1.68. The monoisotopic (exact) mass is 438 g/mol. The predicted octanol–water partition coefficient (Wildman–Crippen LogP) is 4.62. The fourth-order valence-electron chi connectivity index (χ4n) is 2.59. The van der Waals surface area contributed by atoms with Crippen LogP contribution in [-0.4, -0.2) is 17.9 Å². The molecule has 0 aliphatic heterocycles. The second kappa shape index (κ2) is 8.71. The average Bonchev–Trinajstić information content (AvgIpc) is 2.69. The summed E-state index contributed by atoms with van der Waals surface area (Å²) in [5.41, 5.74) is 8.31. The largest absolute Gasteiger partial charge is 0.481 e. The van der Waals surface area contributed by atoms with Crippen LogP contribution in [0.1, 0.15) is 17.3 Å². The van der Waals surface area contributed by atoms with Crippen molar-refractivity contribution in [2.75, 3.05) is 5.32 Å². The summed E-state index contributed by atoms with van der Waals surface area (Å²) < 4.78 is 6.75. The zero-order chi connectivity index (χ0) is 20.1. The van der Waals surface area contributed by atoms with Crippen molar-refractivity contribution in [3.05, 3.63) is 82.8 Å². The number of carbonyl (C=O) groups excluding carboxylic acids is 2. The Hall–Kier alpha value is -3.12. The highest BCUT2D eigenvalue weighted by Crippen LogP contribution is 2.24. The quantitative estimate of drug-likeness (QED) is 0.588. The molecule has 3 N–H and O–H groups in total.